The van der Waals surface area contributed by atoms with E-state index < -0.39 is 35.1 Å². The average Bonchev–Trinajstić information content (AvgIpc) is 3.19. The van der Waals surface area contributed by atoms with Crippen molar-refractivity contribution in [2.45, 2.75) is 38.3 Å². The molecular weight excluding hydrogens is 718 g/mol. The summed E-state index contributed by atoms with van der Waals surface area (Å²) >= 11 is 0. The van der Waals surface area contributed by atoms with Crippen LogP contribution < -0.4 is 43.3 Å². The fraction of sp³-hybridized carbons (Fsp3) is 0.375. The highest BCUT2D eigenvalue weighted by Crippen LogP contribution is 2.47. The van der Waals surface area contributed by atoms with Crippen LogP contribution in [0.1, 0.15) is 59.1 Å². The lowest BCUT2D eigenvalue weighted by atomic mass is 9.87. The summed E-state index contributed by atoms with van der Waals surface area (Å²) in [7, 11) is 11.7. The molecular formula is C40H45NO14. The van der Waals surface area contributed by atoms with Gasteiger partial charge in [-0.3, -0.25) is 19.3 Å². The fourth-order valence-electron chi connectivity index (χ4n) is 6.84. The summed E-state index contributed by atoms with van der Waals surface area (Å²) in [6.45, 7) is 1.81. The Hall–Kier alpha value is -6.09. The molecule has 1 aliphatic rings. The maximum Gasteiger partial charge on any atom is 0.308 e. The molecule has 0 spiro atoms. The molecule has 1 aliphatic heterocycles. The number of nitrogens with zero attached hydrogens (tertiary/aromatic N) is 1. The molecule has 2 atom stereocenters. The molecule has 15 nitrogen and oxygen atoms in total. The molecule has 2 heterocycles. The van der Waals surface area contributed by atoms with Gasteiger partial charge in [0, 0.05) is 19.5 Å². The van der Waals surface area contributed by atoms with Gasteiger partial charge >= 0.3 is 11.9 Å². The summed E-state index contributed by atoms with van der Waals surface area (Å²) in [6.07, 6.45) is 0.257. The maximum absolute atomic E-state index is 13.5. The summed E-state index contributed by atoms with van der Waals surface area (Å²) in [5.41, 5.74) is 2.30. The molecule has 15 heteroatoms. The third-order valence-electron chi connectivity index (χ3n) is 9.38. The van der Waals surface area contributed by atoms with Gasteiger partial charge in [-0.15, -0.1) is 0 Å². The Morgan fingerprint density at radius 2 is 1.33 bits per heavy atom. The quantitative estimate of drug-likeness (QED) is 0.124. The number of aromatic hydroxyl groups is 1. The number of rotatable bonds is 15. The predicted molar refractivity (Wildman–Crippen MR) is 198 cm³/mol. The standard InChI is InChI=1S/C40H45NO14/c1-21(42)54-40-33(50-6)13-23(14-34(40)51-7)27(19-35(44)52-8)38-37(45)28(43)17-25(55-38)20-41-11-10-22-12-29(46-2)30(47-3)18-26(22)36(41)24-15-31(48-4)39(53-9)32(16-24)49-5/h12-18,27,36,45H,10-11,19-20H2,1-9H3/t27-,36-/m0/s1. The Bertz CT molecular complexity index is 2060. The lowest BCUT2D eigenvalue weighted by molar-refractivity contribution is -0.141. The van der Waals surface area contributed by atoms with E-state index in [0.717, 1.165) is 16.7 Å². The normalized spacial score (nSPS) is 14.2. The van der Waals surface area contributed by atoms with Gasteiger partial charge in [0.1, 0.15) is 5.76 Å². The predicted octanol–water partition coefficient (Wildman–Crippen LogP) is 5.17. The highest BCUT2D eigenvalue weighted by Gasteiger charge is 2.34. The first-order valence-corrected chi connectivity index (χ1v) is 17.1. The molecule has 0 amide bonds. The van der Waals surface area contributed by atoms with Crippen LogP contribution in [0.25, 0.3) is 0 Å². The molecule has 5 rings (SSSR count). The van der Waals surface area contributed by atoms with E-state index in [1.165, 1.54) is 67.8 Å². The first-order chi connectivity index (χ1) is 26.4. The number of methoxy groups -OCH3 is 8. The van der Waals surface area contributed by atoms with Gasteiger partial charge in [-0.25, -0.2) is 0 Å². The minimum Gasteiger partial charge on any atom is -0.502 e. The summed E-state index contributed by atoms with van der Waals surface area (Å²) in [5, 5.41) is 11.2. The van der Waals surface area contributed by atoms with Gasteiger partial charge < -0.3 is 52.2 Å². The van der Waals surface area contributed by atoms with E-state index in [2.05, 4.69) is 4.90 Å². The van der Waals surface area contributed by atoms with E-state index in [4.69, 9.17) is 47.0 Å². The number of fused-ring (bicyclic) bond motifs is 1. The van der Waals surface area contributed by atoms with Crippen LogP contribution >= 0.6 is 0 Å². The van der Waals surface area contributed by atoms with Crippen molar-refractivity contribution in [2.75, 3.05) is 63.4 Å². The van der Waals surface area contributed by atoms with Crippen LogP contribution in [-0.2, 0) is 27.3 Å². The molecule has 3 aromatic carbocycles. The zero-order chi connectivity index (χ0) is 40.0. The van der Waals surface area contributed by atoms with Gasteiger partial charge in [0.15, 0.2) is 40.3 Å². The molecule has 0 saturated carbocycles. The molecule has 1 N–H and O–H groups in total. The van der Waals surface area contributed by atoms with E-state index in [0.29, 0.717) is 47.3 Å². The Kier molecular flexibility index (Phi) is 12.7. The lowest BCUT2D eigenvalue weighted by Gasteiger charge is -2.38. The number of carbonyl (C=O) groups is 2. The largest absolute Gasteiger partial charge is 0.502 e. The topological polar surface area (TPSA) is 171 Å². The van der Waals surface area contributed by atoms with Crippen LogP contribution in [-0.4, -0.2) is 85.4 Å². The van der Waals surface area contributed by atoms with E-state index in [9.17, 15) is 19.5 Å². The molecule has 294 valence electrons. The number of esters is 2. The molecule has 0 aliphatic carbocycles. The second kappa shape index (κ2) is 17.4. The van der Waals surface area contributed by atoms with Gasteiger partial charge in [-0.2, -0.15) is 0 Å². The third-order valence-corrected chi connectivity index (χ3v) is 9.38. The lowest BCUT2D eigenvalue weighted by Crippen LogP contribution is -2.36. The van der Waals surface area contributed by atoms with Gasteiger partial charge in [-0.05, 0) is 65.1 Å². The Balaban J connectivity index is 1.67. The maximum atomic E-state index is 13.5. The Morgan fingerprint density at radius 1 is 0.764 bits per heavy atom. The smallest absolute Gasteiger partial charge is 0.308 e. The van der Waals surface area contributed by atoms with Crippen LogP contribution in [0.15, 0.2) is 51.7 Å². The van der Waals surface area contributed by atoms with Crippen LogP contribution in [0.3, 0.4) is 0 Å². The zero-order valence-corrected chi connectivity index (χ0v) is 32.2. The molecule has 0 unspecified atom stereocenters. The van der Waals surface area contributed by atoms with Crippen molar-refractivity contribution in [1.82, 2.24) is 4.90 Å². The van der Waals surface area contributed by atoms with Crippen LogP contribution in [0.4, 0.5) is 0 Å². The number of carbonyl (C=O) groups excluding carboxylic acids is 2. The molecule has 1 aromatic heterocycles. The number of ether oxygens (including phenoxy) is 9. The van der Waals surface area contributed by atoms with E-state index in [1.807, 2.05) is 24.3 Å². The summed E-state index contributed by atoms with van der Waals surface area (Å²) in [5.74, 6) is -0.399. The third kappa shape index (κ3) is 8.21. The van der Waals surface area contributed by atoms with Crippen molar-refractivity contribution in [2.24, 2.45) is 0 Å². The van der Waals surface area contributed by atoms with Crippen LogP contribution in [0.5, 0.6) is 51.7 Å². The first-order valence-electron chi connectivity index (χ1n) is 17.1. The highest BCUT2D eigenvalue weighted by atomic mass is 16.6. The van der Waals surface area contributed by atoms with Gasteiger partial charge in [0.05, 0.1) is 81.8 Å². The van der Waals surface area contributed by atoms with E-state index in [-0.39, 0.29) is 41.7 Å². The average molecular weight is 764 g/mol. The molecule has 0 radical (unpaired) electrons. The monoisotopic (exact) mass is 763 g/mol. The number of hydrogen-bond acceptors (Lipinski definition) is 15. The minimum atomic E-state index is -1.07. The second-order valence-electron chi connectivity index (χ2n) is 12.5. The molecule has 0 bridgehead atoms. The van der Waals surface area contributed by atoms with Gasteiger partial charge in [0.25, 0.3) is 0 Å². The molecule has 55 heavy (non-hydrogen) atoms. The highest BCUT2D eigenvalue weighted by molar-refractivity contribution is 5.74. The Labute approximate surface area is 318 Å². The SMILES string of the molecule is COC(=O)C[C@@H](c1cc(OC)c(OC(C)=O)c(OC)c1)c1oc(CN2CCc3cc(OC)c(OC)cc3[C@@H]2c2cc(OC)c(OC)c(OC)c2)cc(=O)c1O. The summed E-state index contributed by atoms with van der Waals surface area (Å²) in [6, 6.07) is 11.3. The number of hydrogen-bond donors (Lipinski definition) is 1. The summed E-state index contributed by atoms with van der Waals surface area (Å²) in [4.78, 5) is 40.4. The van der Waals surface area contributed by atoms with Crippen LogP contribution in [0.2, 0.25) is 0 Å². The van der Waals surface area contributed by atoms with Crippen molar-refractivity contribution in [1.29, 1.82) is 0 Å². The van der Waals surface area contributed by atoms with Crippen molar-refractivity contribution < 1.29 is 61.7 Å². The summed E-state index contributed by atoms with van der Waals surface area (Å²) < 4.78 is 56.1. The van der Waals surface area contributed by atoms with Gasteiger partial charge in [0.2, 0.25) is 22.7 Å². The first kappa shape index (κ1) is 40.1. The second-order valence-corrected chi connectivity index (χ2v) is 12.5. The van der Waals surface area contributed by atoms with Gasteiger partial charge in [-0.1, -0.05) is 0 Å². The van der Waals surface area contributed by atoms with Crippen LogP contribution in [0, 0.1) is 0 Å². The van der Waals surface area contributed by atoms with Crippen molar-refractivity contribution in [3.05, 3.63) is 86.5 Å². The van der Waals surface area contributed by atoms with Crippen molar-refractivity contribution in [3.63, 3.8) is 0 Å². The molecule has 0 fully saturated rings. The van der Waals surface area contributed by atoms with Crippen molar-refractivity contribution in [3.8, 4) is 51.7 Å². The fourth-order valence-corrected chi connectivity index (χ4v) is 6.84. The molecule has 4 aromatic rings. The van der Waals surface area contributed by atoms with Crippen molar-refractivity contribution >= 4 is 11.9 Å². The number of benzene rings is 3. The molecule has 0 saturated heterocycles. The minimum absolute atomic E-state index is 0.00922. The Morgan fingerprint density at radius 3 is 1.85 bits per heavy atom. The zero-order valence-electron chi connectivity index (χ0n) is 32.2. The van der Waals surface area contributed by atoms with E-state index >= 15 is 0 Å². The van der Waals surface area contributed by atoms with E-state index in [1.54, 1.807) is 14.2 Å².